The third-order valence-electron chi connectivity index (χ3n) is 0.854. The molecule has 0 N–H and O–H groups in total. The van der Waals surface area contributed by atoms with Gasteiger partial charge < -0.3 is 6.92 Å². The van der Waals surface area contributed by atoms with Gasteiger partial charge in [-0.15, -0.1) is 12.4 Å². The second-order valence-corrected chi connectivity index (χ2v) is 1.56. The normalized spacial score (nSPS) is 6.75. The summed E-state index contributed by atoms with van der Waals surface area (Å²) in [4.78, 5) is 0. The number of hydrogen-bond acceptors (Lipinski definition) is 0. The average Bonchev–Trinajstić information content (AvgIpc) is 1.61. The van der Waals surface area contributed by atoms with Gasteiger partial charge in [0.1, 0.15) is 0 Å². The first-order chi connectivity index (χ1) is 2.91. The van der Waals surface area contributed by atoms with E-state index in [9.17, 15) is 0 Å². The monoisotopic (exact) mass is 128 g/mol. The fraction of sp³-hybridized carbons (Fsp3) is 0.833. The molecule has 0 aromatic heterocycles. The first-order valence-corrected chi connectivity index (χ1v) is 2.71. The Morgan fingerprint density at radius 2 is 1.75 bits per heavy atom. The summed E-state index contributed by atoms with van der Waals surface area (Å²) in [7, 11) is 0. The summed E-state index contributed by atoms with van der Waals surface area (Å²) in [5.41, 5.74) is 0. The molecule has 0 aliphatic heterocycles. The van der Waals surface area contributed by atoms with E-state index < -0.39 is 0 Å². The fourth-order valence-corrected chi connectivity index (χ4v) is 0.427. The predicted molar refractivity (Wildman–Crippen MR) is 36.7 cm³/mol. The van der Waals surface area contributed by atoms with E-state index in [0.29, 0.717) is 0 Å². The minimum absolute atomic E-state index is 0. The summed E-state index contributed by atoms with van der Waals surface area (Å²) in [6.07, 6.45) is 5.07. The van der Waals surface area contributed by atoms with Gasteiger partial charge >= 0.3 is 18.9 Å². The van der Waals surface area contributed by atoms with Gasteiger partial charge in [0.2, 0.25) is 0 Å². The van der Waals surface area contributed by atoms with Crippen LogP contribution in [0.4, 0.5) is 0 Å². The Morgan fingerprint density at radius 3 is 1.88 bits per heavy atom. The zero-order valence-corrected chi connectivity index (χ0v) is 6.76. The Balaban J connectivity index is -0.000000125. The van der Waals surface area contributed by atoms with Crippen LogP contribution in [0.3, 0.4) is 0 Å². The molecule has 0 nitrogen and oxygen atoms in total. The molecule has 0 rings (SSSR count). The minimum atomic E-state index is 0. The summed E-state index contributed by atoms with van der Waals surface area (Å²) in [5, 5.41) is 0. The largest absolute Gasteiger partial charge is 1.00 e. The van der Waals surface area contributed by atoms with Crippen LogP contribution in [0, 0.1) is 6.92 Å². The third-order valence-corrected chi connectivity index (χ3v) is 0.854. The van der Waals surface area contributed by atoms with Gasteiger partial charge in [0.15, 0.2) is 0 Å². The molecule has 0 aliphatic carbocycles. The second kappa shape index (κ2) is 15.7. The van der Waals surface area contributed by atoms with Crippen LogP contribution in [-0.4, -0.2) is 0 Å². The molecular weight excluding hydrogens is 114 g/mol. The van der Waals surface area contributed by atoms with Gasteiger partial charge in [0.25, 0.3) is 0 Å². The summed E-state index contributed by atoms with van der Waals surface area (Å²) < 4.78 is 0. The molecule has 0 atom stereocenters. The average molecular weight is 129 g/mol. The van der Waals surface area contributed by atoms with Crippen LogP contribution in [0.15, 0.2) is 0 Å². The molecule has 0 aliphatic rings. The maximum Gasteiger partial charge on any atom is 1.00 e. The summed E-state index contributed by atoms with van der Waals surface area (Å²) in [6.45, 7) is 5.93. The Hall–Kier alpha value is 0.887. The van der Waals surface area contributed by atoms with Gasteiger partial charge in [0, 0.05) is 0 Å². The maximum atomic E-state index is 3.72. The van der Waals surface area contributed by atoms with E-state index in [1.807, 2.05) is 0 Å². The zero-order valence-electron chi connectivity index (χ0n) is 5.94. The van der Waals surface area contributed by atoms with E-state index in [1.165, 1.54) is 19.3 Å². The van der Waals surface area contributed by atoms with E-state index in [4.69, 9.17) is 0 Å². The molecule has 0 aromatic rings. The van der Waals surface area contributed by atoms with Crippen LogP contribution >= 0.6 is 12.4 Å². The molecular formula is C6H14ClLi. The molecule has 0 bridgehead atoms. The van der Waals surface area contributed by atoms with Crippen molar-refractivity contribution in [1.82, 2.24) is 0 Å². The summed E-state index contributed by atoms with van der Waals surface area (Å²) in [5.74, 6) is 0. The van der Waals surface area contributed by atoms with Crippen LogP contribution in [0.2, 0.25) is 0 Å². The summed E-state index contributed by atoms with van der Waals surface area (Å²) >= 11 is 0. The quantitative estimate of drug-likeness (QED) is 0.281. The first kappa shape index (κ1) is 16.0. The standard InChI is InChI=1S/C6H13.ClH.Li/c1-3-5-6-4-2;;/h1,3-6H2,2H3;1H;/q-1;;+1. The van der Waals surface area contributed by atoms with Crippen molar-refractivity contribution >= 4 is 12.4 Å². The maximum absolute atomic E-state index is 3.72. The molecule has 0 radical (unpaired) electrons. The van der Waals surface area contributed by atoms with Crippen LogP contribution in [0.1, 0.15) is 32.6 Å². The molecule has 0 saturated carbocycles. The van der Waals surface area contributed by atoms with Crippen molar-refractivity contribution in [2.24, 2.45) is 0 Å². The Morgan fingerprint density at radius 1 is 1.25 bits per heavy atom. The number of hydrogen-bond donors (Lipinski definition) is 0. The van der Waals surface area contributed by atoms with Gasteiger partial charge in [-0.3, -0.25) is 0 Å². The van der Waals surface area contributed by atoms with Crippen molar-refractivity contribution in [3.63, 3.8) is 0 Å². The predicted octanol–water partition coefficient (Wildman–Crippen LogP) is -0.173. The van der Waals surface area contributed by atoms with Crippen LogP contribution in [-0.2, 0) is 0 Å². The molecule has 0 unspecified atom stereocenters. The van der Waals surface area contributed by atoms with Crippen molar-refractivity contribution in [2.75, 3.05) is 0 Å². The van der Waals surface area contributed by atoms with E-state index in [-0.39, 0.29) is 31.3 Å². The molecule has 2 heteroatoms. The SMILES string of the molecule is Cl.[CH2-]CCCCC.[Li+]. The van der Waals surface area contributed by atoms with Crippen LogP contribution in [0.5, 0.6) is 0 Å². The molecule has 8 heavy (non-hydrogen) atoms. The van der Waals surface area contributed by atoms with Crippen LogP contribution < -0.4 is 18.9 Å². The van der Waals surface area contributed by atoms with Crippen molar-refractivity contribution in [2.45, 2.75) is 32.6 Å². The van der Waals surface area contributed by atoms with Crippen LogP contribution in [0.25, 0.3) is 0 Å². The number of unbranched alkanes of at least 4 members (excludes halogenated alkanes) is 3. The molecule has 0 aromatic carbocycles. The van der Waals surface area contributed by atoms with Gasteiger partial charge in [-0.2, -0.15) is 6.42 Å². The summed E-state index contributed by atoms with van der Waals surface area (Å²) in [6, 6.07) is 0. The topological polar surface area (TPSA) is 0 Å². The Bertz CT molecular complexity index is 20.5. The van der Waals surface area contributed by atoms with Gasteiger partial charge in [-0.25, -0.2) is 0 Å². The van der Waals surface area contributed by atoms with Gasteiger partial charge in [-0.1, -0.05) is 26.2 Å². The zero-order chi connectivity index (χ0) is 4.83. The smallest absolute Gasteiger partial charge is 0.343 e. The van der Waals surface area contributed by atoms with E-state index in [1.54, 1.807) is 0 Å². The Kier molecular flexibility index (Phi) is 31.2. The molecule has 0 saturated heterocycles. The fourth-order valence-electron chi connectivity index (χ4n) is 0.427. The molecule has 0 amide bonds. The van der Waals surface area contributed by atoms with Crippen molar-refractivity contribution in [3.8, 4) is 0 Å². The van der Waals surface area contributed by atoms with Crippen molar-refractivity contribution in [1.29, 1.82) is 0 Å². The minimum Gasteiger partial charge on any atom is -0.343 e. The molecule has 0 fully saturated rings. The molecule has 46 valence electrons. The third kappa shape index (κ3) is 15.8. The molecule has 0 heterocycles. The number of rotatable bonds is 3. The van der Waals surface area contributed by atoms with Crippen molar-refractivity contribution < 1.29 is 18.9 Å². The number of halogens is 1. The van der Waals surface area contributed by atoms with Gasteiger partial charge in [-0.05, 0) is 0 Å². The molecule has 0 spiro atoms. The Labute approximate surface area is 71.0 Å². The van der Waals surface area contributed by atoms with E-state index >= 15 is 0 Å². The van der Waals surface area contributed by atoms with E-state index in [2.05, 4.69) is 13.8 Å². The first-order valence-electron chi connectivity index (χ1n) is 2.71. The van der Waals surface area contributed by atoms with E-state index in [0.717, 1.165) is 6.42 Å². The van der Waals surface area contributed by atoms with Crippen molar-refractivity contribution in [3.05, 3.63) is 6.92 Å². The van der Waals surface area contributed by atoms with Gasteiger partial charge in [0.05, 0.1) is 0 Å². The second-order valence-electron chi connectivity index (χ2n) is 1.56.